The van der Waals surface area contributed by atoms with Crippen molar-refractivity contribution in [1.29, 1.82) is 0 Å². The van der Waals surface area contributed by atoms with E-state index in [2.05, 4.69) is 21.4 Å². The standard InChI is InChI=1S/C22H23N5O2/c1-14(18-12-23-19-7-5-4-6-17(18)19)27(3)20(28)9-8-15-10-16-13-26(2)22(29)25-21(16)24-11-15/h4-12,14,23H,13H2,1-3H3,(H,24,25,29). The molecule has 3 heterocycles. The Kier molecular flexibility index (Phi) is 4.80. The largest absolute Gasteiger partial charge is 0.361 e. The van der Waals surface area contributed by atoms with Crippen LogP contribution in [0.5, 0.6) is 0 Å². The van der Waals surface area contributed by atoms with Crippen LogP contribution in [0.1, 0.15) is 29.7 Å². The number of anilines is 1. The molecule has 1 unspecified atom stereocenters. The molecule has 0 fully saturated rings. The Morgan fingerprint density at radius 3 is 2.97 bits per heavy atom. The lowest BCUT2D eigenvalue weighted by Gasteiger charge is -2.25. The Hall–Kier alpha value is -3.61. The fraction of sp³-hybridized carbons (Fsp3) is 0.227. The molecule has 0 radical (unpaired) electrons. The zero-order chi connectivity index (χ0) is 20.5. The van der Waals surface area contributed by atoms with Gasteiger partial charge in [-0.25, -0.2) is 9.78 Å². The van der Waals surface area contributed by atoms with E-state index in [1.165, 1.54) is 0 Å². The van der Waals surface area contributed by atoms with Gasteiger partial charge in [-0.05, 0) is 36.3 Å². The molecule has 0 bridgehead atoms. The van der Waals surface area contributed by atoms with E-state index in [1.807, 2.05) is 37.4 Å². The van der Waals surface area contributed by atoms with Gasteiger partial charge >= 0.3 is 6.03 Å². The third-order valence-electron chi connectivity index (χ3n) is 5.39. The number of amides is 3. The molecule has 4 rings (SSSR count). The Balaban J connectivity index is 1.49. The summed E-state index contributed by atoms with van der Waals surface area (Å²) in [4.78, 5) is 35.3. The normalized spacial score (nSPS) is 14.7. The summed E-state index contributed by atoms with van der Waals surface area (Å²) in [5.41, 5.74) is 3.87. The van der Waals surface area contributed by atoms with E-state index >= 15 is 0 Å². The van der Waals surface area contributed by atoms with E-state index < -0.39 is 0 Å². The van der Waals surface area contributed by atoms with E-state index in [0.717, 1.165) is 27.6 Å². The zero-order valence-corrected chi connectivity index (χ0v) is 16.6. The minimum absolute atomic E-state index is 0.0752. The molecular weight excluding hydrogens is 366 g/mol. The molecule has 29 heavy (non-hydrogen) atoms. The molecule has 0 aliphatic carbocycles. The van der Waals surface area contributed by atoms with E-state index in [9.17, 15) is 9.59 Å². The first kappa shape index (κ1) is 18.7. The van der Waals surface area contributed by atoms with Gasteiger partial charge in [0.15, 0.2) is 0 Å². The van der Waals surface area contributed by atoms with Crippen LogP contribution in [0.25, 0.3) is 17.0 Å². The molecule has 1 aliphatic heterocycles. The van der Waals surface area contributed by atoms with Crippen LogP contribution in [0.15, 0.2) is 48.8 Å². The summed E-state index contributed by atoms with van der Waals surface area (Å²) in [6.07, 6.45) is 6.92. The number of carbonyl (C=O) groups is 2. The Bertz CT molecular complexity index is 1120. The quantitative estimate of drug-likeness (QED) is 0.667. The molecular formula is C22H23N5O2. The maximum atomic E-state index is 12.7. The minimum Gasteiger partial charge on any atom is -0.361 e. The fourth-order valence-corrected chi connectivity index (χ4v) is 3.50. The SMILES string of the molecule is CC(c1c[nH]c2ccccc12)N(C)C(=O)C=Cc1cnc2c(c1)CN(C)C(=O)N2. The topological polar surface area (TPSA) is 81.3 Å². The number of hydrogen-bond acceptors (Lipinski definition) is 3. The molecule has 0 saturated carbocycles. The number of pyridine rings is 1. The minimum atomic E-state index is -0.170. The maximum absolute atomic E-state index is 12.7. The van der Waals surface area contributed by atoms with Crippen LogP contribution in [0.3, 0.4) is 0 Å². The maximum Gasteiger partial charge on any atom is 0.323 e. The number of likely N-dealkylation sites (N-methyl/N-ethyl adjacent to an activating group) is 1. The van der Waals surface area contributed by atoms with E-state index in [-0.39, 0.29) is 18.0 Å². The number of carbonyl (C=O) groups excluding carboxylic acids is 2. The molecule has 2 N–H and O–H groups in total. The average molecular weight is 389 g/mol. The second-order valence-electron chi connectivity index (χ2n) is 7.31. The van der Waals surface area contributed by atoms with Crippen molar-refractivity contribution < 1.29 is 9.59 Å². The molecule has 1 atom stereocenters. The number of fused-ring (bicyclic) bond motifs is 2. The lowest BCUT2D eigenvalue weighted by molar-refractivity contribution is -0.126. The van der Waals surface area contributed by atoms with Crippen molar-refractivity contribution in [1.82, 2.24) is 19.8 Å². The van der Waals surface area contributed by atoms with Gasteiger partial charge in [-0.15, -0.1) is 0 Å². The van der Waals surface area contributed by atoms with E-state index in [4.69, 9.17) is 0 Å². The molecule has 7 nitrogen and oxygen atoms in total. The molecule has 2 aromatic heterocycles. The van der Waals surface area contributed by atoms with Crippen LogP contribution >= 0.6 is 0 Å². The van der Waals surface area contributed by atoms with Gasteiger partial charge in [0.05, 0.1) is 12.6 Å². The summed E-state index contributed by atoms with van der Waals surface area (Å²) in [6, 6.07) is 9.75. The number of H-pyrrole nitrogens is 1. The van der Waals surface area contributed by atoms with Crippen LogP contribution in [-0.4, -0.2) is 45.8 Å². The van der Waals surface area contributed by atoms with Crippen molar-refractivity contribution in [2.75, 3.05) is 19.4 Å². The highest BCUT2D eigenvalue weighted by molar-refractivity contribution is 5.93. The van der Waals surface area contributed by atoms with Gasteiger partial charge in [-0.2, -0.15) is 0 Å². The molecule has 1 aliphatic rings. The van der Waals surface area contributed by atoms with Gasteiger partial charge in [0.25, 0.3) is 0 Å². The molecule has 1 aromatic carbocycles. The number of benzene rings is 1. The number of nitrogens with one attached hydrogen (secondary N) is 2. The van der Waals surface area contributed by atoms with E-state index in [1.54, 1.807) is 42.2 Å². The summed E-state index contributed by atoms with van der Waals surface area (Å²) >= 11 is 0. The first-order valence-electron chi connectivity index (χ1n) is 9.46. The predicted molar refractivity (Wildman–Crippen MR) is 113 cm³/mol. The Morgan fingerprint density at radius 1 is 1.34 bits per heavy atom. The number of urea groups is 1. The van der Waals surface area contributed by atoms with Gasteiger partial charge in [-0.1, -0.05) is 18.2 Å². The molecule has 3 aromatic rings. The second kappa shape index (κ2) is 7.43. The molecule has 3 amide bonds. The van der Waals surface area contributed by atoms with Crippen LogP contribution in [-0.2, 0) is 11.3 Å². The highest BCUT2D eigenvalue weighted by Crippen LogP contribution is 2.27. The van der Waals surface area contributed by atoms with E-state index in [0.29, 0.717) is 12.4 Å². The lowest BCUT2D eigenvalue weighted by Crippen LogP contribution is -2.35. The predicted octanol–water partition coefficient (Wildman–Crippen LogP) is 3.77. The van der Waals surface area contributed by atoms with Gasteiger partial charge in [0.1, 0.15) is 5.82 Å². The lowest BCUT2D eigenvalue weighted by atomic mass is 10.1. The van der Waals surface area contributed by atoms with Crippen molar-refractivity contribution in [3.63, 3.8) is 0 Å². The zero-order valence-electron chi connectivity index (χ0n) is 16.6. The number of rotatable bonds is 4. The third-order valence-corrected chi connectivity index (χ3v) is 5.39. The Morgan fingerprint density at radius 2 is 2.14 bits per heavy atom. The summed E-state index contributed by atoms with van der Waals surface area (Å²) in [7, 11) is 3.53. The van der Waals surface area contributed by atoms with Crippen molar-refractivity contribution in [2.24, 2.45) is 0 Å². The fourth-order valence-electron chi connectivity index (χ4n) is 3.50. The van der Waals surface area contributed by atoms with Gasteiger partial charge in [0, 0.05) is 49.0 Å². The van der Waals surface area contributed by atoms with Crippen molar-refractivity contribution in [3.05, 3.63) is 65.5 Å². The monoisotopic (exact) mass is 389 g/mol. The van der Waals surface area contributed by atoms with Gasteiger partial charge < -0.3 is 14.8 Å². The molecule has 0 saturated heterocycles. The number of aromatic amines is 1. The smallest absolute Gasteiger partial charge is 0.323 e. The van der Waals surface area contributed by atoms with Crippen LogP contribution in [0, 0.1) is 0 Å². The summed E-state index contributed by atoms with van der Waals surface area (Å²) in [6.45, 7) is 2.50. The van der Waals surface area contributed by atoms with Crippen LogP contribution in [0.4, 0.5) is 10.6 Å². The van der Waals surface area contributed by atoms with Crippen molar-refractivity contribution >= 4 is 34.7 Å². The first-order chi connectivity index (χ1) is 13.9. The summed E-state index contributed by atoms with van der Waals surface area (Å²) in [5.74, 6) is 0.479. The second-order valence-corrected chi connectivity index (χ2v) is 7.31. The Labute approximate surface area is 169 Å². The van der Waals surface area contributed by atoms with Crippen molar-refractivity contribution in [2.45, 2.75) is 19.5 Å². The van der Waals surface area contributed by atoms with Gasteiger partial charge in [0.2, 0.25) is 5.91 Å². The number of para-hydroxylation sites is 1. The average Bonchev–Trinajstić information content (AvgIpc) is 3.16. The highest BCUT2D eigenvalue weighted by Gasteiger charge is 2.21. The van der Waals surface area contributed by atoms with Crippen molar-refractivity contribution in [3.8, 4) is 0 Å². The molecule has 148 valence electrons. The molecule has 7 heteroatoms. The third kappa shape index (κ3) is 3.59. The van der Waals surface area contributed by atoms with Crippen LogP contribution in [0.2, 0.25) is 0 Å². The number of nitrogens with zero attached hydrogens (tertiary/aromatic N) is 3. The summed E-state index contributed by atoms with van der Waals surface area (Å²) in [5, 5.41) is 3.86. The van der Waals surface area contributed by atoms with Crippen LogP contribution < -0.4 is 5.32 Å². The molecule has 0 spiro atoms. The highest BCUT2D eigenvalue weighted by atomic mass is 16.2. The first-order valence-corrected chi connectivity index (χ1v) is 9.46. The number of aromatic nitrogens is 2. The number of hydrogen-bond donors (Lipinski definition) is 2. The summed E-state index contributed by atoms with van der Waals surface area (Å²) < 4.78 is 0. The van der Waals surface area contributed by atoms with Gasteiger partial charge in [-0.3, -0.25) is 10.1 Å².